The van der Waals surface area contributed by atoms with Crippen molar-refractivity contribution in [3.05, 3.63) is 12.7 Å². The fourth-order valence-corrected chi connectivity index (χ4v) is 3.49. The number of imidazole rings is 1. The van der Waals surface area contributed by atoms with Crippen LogP contribution < -0.4 is 11.5 Å². The second-order valence-corrected chi connectivity index (χ2v) is 6.64. The lowest BCUT2D eigenvalue weighted by Gasteiger charge is -2.24. The summed E-state index contributed by atoms with van der Waals surface area (Å²) in [7, 11) is 0. The summed E-state index contributed by atoms with van der Waals surface area (Å²) in [5, 5.41) is 0. The maximum absolute atomic E-state index is 6.23. The maximum Gasteiger partial charge on any atom is 0.167 e. The van der Waals surface area contributed by atoms with Gasteiger partial charge in [-0.1, -0.05) is 0 Å². The summed E-state index contributed by atoms with van der Waals surface area (Å²) < 4.78 is 20.2. The number of nitrogens with zero attached hydrogens (tertiary/aromatic N) is 4. The molecule has 2 aromatic heterocycles. The number of ether oxygens (including phenoxy) is 3. The molecule has 2 fully saturated rings. The smallest absolute Gasteiger partial charge is 0.167 e. The summed E-state index contributed by atoms with van der Waals surface area (Å²) in [6, 6.07) is 0. The van der Waals surface area contributed by atoms with E-state index in [1.54, 1.807) is 6.33 Å². The van der Waals surface area contributed by atoms with E-state index in [-0.39, 0.29) is 24.5 Å². The molecule has 2 aliphatic rings. The number of nitrogen functional groups attached to an aromatic ring is 1. The van der Waals surface area contributed by atoms with Gasteiger partial charge in [-0.05, 0) is 33.2 Å². The van der Waals surface area contributed by atoms with E-state index in [4.69, 9.17) is 25.7 Å². The van der Waals surface area contributed by atoms with E-state index in [1.807, 2.05) is 18.4 Å². The minimum Gasteiger partial charge on any atom is -0.382 e. The highest BCUT2D eigenvalue weighted by Gasteiger charge is 2.55. The molecule has 0 amide bonds. The van der Waals surface area contributed by atoms with Gasteiger partial charge in [0, 0.05) is 0 Å². The van der Waals surface area contributed by atoms with Gasteiger partial charge in [0.1, 0.15) is 24.1 Å². The van der Waals surface area contributed by atoms with Crippen molar-refractivity contribution in [2.24, 2.45) is 5.73 Å². The number of hydrogen-bond acceptors (Lipinski definition) is 8. The fraction of sp³-hybridized carbons (Fsp3) is 0.667. The van der Waals surface area contributed by atoms with Gasteiger partial charge in [0.25, 0.3) is 0 Å². The third kappa shape index (κ3) is 2.44. The minimum absolute atomic E-state index is 0.0815. The Kier molecular flexibility index (Phi) is 3.68. The van der Waals surface area contributed by atoms with Crippen LogP contribution in [0.5, 0.6) is 0 Å². The van der Waals surface area contributed by atoms with E-state index in [2.05, 4.69) is 15.0 Å². The lowest BCUT2D eigenvalue weighted by molar-refractivity contribution is -0.197. The molecule has 0 spiro atoms. The Hall–Kier alpha value is -1.81. The third-order valence-corrected chi connectivity index (χ3v) is 4.48. The highest BCUT2D eigenvalue weighted by Crippen LogP contribution is 2.44. The normalized spacial score (nSPS) is 31.6. The molecule has 0 aliphatic carbocycles. The van der Waals surface area contributed by atoms with Gasteiger partial charge in [0.15, 0.2) is 23.5 Å². The SMILES string of the molecule is CC1(C)O[C@@H]2[C@H](O1)[C@@H](CCCN)O[C@H]2n1cnc2c(N)ncnc21. The molecule has 4 rings (SSSR count). The van der Waals surface area contributed by atoms with Crippen LogP contribution in [0.25, 0.3) is 11.2 Å². The lowest BCUT2D eigenvalue weighted by Crippen LogP contribution is -2.29. The number of aromatic nitrogens is 4. The Labute approximate surface area is 139 Å². The van der Waals surface area contributed by atoms with Crippen LogP contribution in [-0.4, -0.2) is 50.2 Å². The number of hydrogen-bond donors (Lipinski definition) is 2. The van der Waals surface area contributed by atoms with Gasteiger partial charge < -0.3 is 25.7 Å². The van der Waals surface area contributed by atoms with Crippen LogP contribution >= 0.6 is 0 Å². The van der Waals surface area contributed by atoms with E-state index >= 15 is 0 Å². The van der Waals surface area contributed by atoms with E-state index in [9.17, 15) is 0 Å². The van der Waals surface area contributed by atoms with Crippen LogP contribution in [0.15, 0.2) is 12.7 Å². The number of fused-ring (bicyclic) bond motifs is 2. The van der Waals surface area contributed by atoms with Crippen molar-refractivity contribution in [3.63, 3.8) is 0 Å². The van der Waals surface area contributed by atoms with Crippen molar-refractivity contribution in [1.82, 2.24) is 19.5 Å². The van der Waals surface area contributed by atoms with Gasteiger partial charge in [0.05, 0.1) is 12.4 Å². The molecular weight excluding hydrogens is 312 g/mol. The Morgan fingerprint density at radius 2 is 2.00 bits per heavy atom. The Morgan fingerprint density at radius 1 is 1.21 bits per heavy atom. The number of rotatable bonds is 4. The first-order valence-electron chi connectivity index (χ1n) is 8.14. The Bertz CT molecular complexity index is 748. The number of nitrogens with two attached hydrogens (primary N) is 2. The molecular formula is C15H22N6O3. The van der Waals surface area contributed by atoms with Gasteiger partial charge in [-0.2, -0.15) is 0 Å². The summed E-state index contributed by atoms with van der Waals surface area (Å²) >= 11 is 0. The molecule has 9 nitrogen and oxygen atoms in total. The van der Waals surface area contributed by atoms with Crippen molar-refractivity contribution >= 4 is 17.0 Å². The maximum atomic E-state index is 6.23. The van der Waals surface area contributed by atoms with Crippen LogP contribution in [0.3, 0.4) is 0 Å². The van der Waals surface area contributed by atoms with Crippen molar-refractivity contribution in [2.75, 3.05) is 12.3 Å². The summed E-state index contributed by atoms with van der Waals surface area (Å²) in [5.74, 6) is -0.306. The molecule has 4 heterocycles. The zero-order chi connectivity index (χ0) is 16.9. The molecule has 4 atom stereocenters. The van der Waals surface area contributed by atoms with Crippen LogP contribution in [0.4, 0.5) is 5.82 Å². The average molecular weight is 334 g/mol. The molecule has 0 aromatic carbocycles. The molecule has 2 saturated heterocycles. The van der Waals surface area contributed by atoms with Crippen LogP contribution in [0.2, 0.25) is 0 Å². The van der Waals surface area contributed by atoms with Crippen LogP contribution in [-0.2, 0) is 14.2 Å². The largest absolute Gasteiger partial charge is 0.382 e. The molecule has 130 valence electrons. The average Bonchev–Trinajstić information content (AvgIpc) is 3.17. The zero-order valence-electron chi connectivity index (χ0n) is 13.8. The Morgan fingerprint density at radius 3 is 2.79 bits per heavy atom. The standard InChI is InChI=1S/C15H22N6O3/c1-15(2)23-10-8(4-3-5-16)22-14(11(10)24-15)21-7-20-9-12(17)18-6-19-13(9)21/h6-8,10-11,14H,3-5,16H2,1-2H3,(H2,17,18,19)/t8-,10-,11-,14-/m1/s1. The Balaban J connectivity index is 1.70. The van der Waals surface area contributed by atoms with E-state index < -0.39 is 5.79 Å². The van der Waals surface area contributed by atoms with Crippen molar-refractivity contribution in [1.29, 1.82) is 0 Å². The van der Waals surface area contributed by atoms with E-state index in [1.165, 1.54) is 6.33 Å². The predicted octanol–water partition coefficient (Wildman–Crippen LogP) is 0.565. The molecule has 2 aliphatic heterocycles. The quantitative estimate of drug-likeness (QED) is 0.831. The number of anilines is 1. The highest BCUT2D eigenvalue weighted by molar-refractivity contribution is 5.81. The first kappa shape index (κ1) is 15.7. The molecule has 0 unspecified atom stereocenters. The molecule has 0 radical (unpaired) electrons. The van der Waals surface area contributed by atoms with Gasteiger partial charge >= 0.3 is 0 Å². The summed E-state index contributed by atoms with van der Waals surface area (Å²) in [6.45, 7) is 4.44. The first-order valence-corrected chi connectivity index (χ1v) is 8.14. The van der Waals surface area contributed by atoms with E-state index in [0.29, 0.717) is 23.5 Å². The second kappa shape index (κ2) is 5.62. The second-order valence-electron chi connectivity index (χ2n) is 6.64. The lowest BCUT2D eigenvalue weighted by atomic mass is 10.1. The molecule has 0 bridgehead atoms. The first-order chi connectivity index (χ1) is 11.5. The van der Waals surface area contributed by atoms with Crippen molar-refractivity contribution < 1.29 is 14.2 Å². The highest BCUT2D eigenvalue weighted by atomic mass is 16.8. The van der Waals surface area contributed by atoms with Crippen molar-refractivity contribution in [3.8, 4) is 0 Å². The van der Waals surface area contributed by atoms with Gasteiger partial charge in [0.2, 0.25) is 0 Å². The summed E-state index contributed by atoms with van der Waals surface area (Å²) in [4.78, 5) is 12.6. The third-order valence-electron chi connectivity index (χ3n) is 4.48. The summed E-state index contributed by atoms with van der Waals surface area (Å²) in [5.41, 5.74) is 12.7. The van der Waals surface area contributed by atoms with Crippen LogP contribution in [0, 0.1) is 0 Å². The minimum atomic E-state index is -0.650. The monoisotopic (exact) mass is 334 g/mol. The van der Waals surface area contributed by atoms with Gasteiger partial charge in [-0.25, -0.2) is 15.0 Å². The summed E-state index contributed by atoms with van der Waals surface area (Å²) in [6.07, 6.45) is 3.92. The molecule has 9 heteroatoms. The van der Waals surface area contributed by atoms with Gasteiger partial charge in [-0.15, -0.1) is 0 Å². The van der Waals surface area contributed by atoms with Gasteiger partial charge in [-0.3, -0.25) is 4.57 Å². The van der Waals surface area contributed by atoms with E-state index in [0.717, 1.165) is 12.8 Å². The molecule has 24 heavy (non-hydrogen) atoms. The van der Waals surface area contributed by atoms with Crippen molar-refractivity contribution in [2.45, 2.75) is 57.0 Å². The topological polar surface area (TPSA) is 123 Å². The fourth-order valence-electron chi connectivity index (χ4n) is 3.49. The molecule has 0 saturated carbocycles. The predicted molar refractivity (Wildman–Crippen MR) is 85.8 cm³/mol. The molecule has 4 N–H and O–H groups in total. The van der Waals surface area contributed by atoms with Crippen LogP contribution in [0.1, 0.15) is 32.9 Å². The zero-order valence-corrected chi connectivity index (χ0v) is 13.8. The molecule has 2 aromatic rings.